The standard InChI is InChI=1S/C16H26N2O2/c1-12(18-9-5-6-13(18)11-17-2)15-8-7-14(19-3)10-16(15)20-4/h7-8,10,12-13,17H,5-6,9,11H2,1-4H3. The fourth-order valence-electron chi connectivity index (χ4n) is 3.16. The van der Waals surface area contributed by atoms with E-state index in [4.69, 9.17) is 9.47 Å². The molecule has 1 aromatic rings. The Morgan fingerprint density at radius 2 is 2.15 bits per heavy atom. The molecule has 4 nitrogen and oxygen atoms in total. The minimum atomic E-state index is 0.358. The van der Waals surface area contributed by atoms with Crippen molar-refractivity contribution >= 4 is 0 Å². The lowest BCUT2D eigenvalue weighted by molar-refractivity contribution is 0.188. The zero-order valence-electron chi connectivity index (χ0n) is 13.0. The molecule has 20 heavy (non-hydrogen) atoms. The van der Waals surface area contributed by atoms with Gasteiger partial charge < -0.3 is 14.8 Å². The Bertz CT molecular complexity index is 436. The van der Waals surface area contributed by atoms with Gasteiger partial charge >= 0.3 is 0 Å². The Balaban J connectivity index is 2.21. The number of nitrogens with zero attached hydrogens (tertiary/aromatic N) is 1. The molecule has 2 rings (SSSR count). The summed E-state index contributed by atoms with van der Waals surface area (Å²) in [6.45, 7) is 4.46. The number of hydrogen-bond acceptors (Lipinski definition) is 4. The lowest BCUT2D eigenvalue weighted by Gasteiger charge is -2.31. The van der Waals surface area contributed by atoms with E-state index < -0.39 is 0 Å². The molecule has 0 amide bonds. The Labute approximate surface area is 122 Å². The van der Waals surface area contributed by atoms with Crippen molar-refractivity contribution in [2.75, 3.05) is 34.4 Å². The molecule has 0 radical (unpaired) electrons. The van der Waals surface area contributed by atoms with E-state index in [0.29, 0.717) is 12.1 Å². The van der Waals surface area contributed by atoms with Gasteiger partial charge in [0, 0.05) is 30.3 Å². The van der Waals surface area contributed by atoms with Crippen molar-refractivity contribution in [3.63, 3.8) is 0 Å². The highest BCUT2D eigenvalue weighted by molar-refractivity contribution is 5.42. The molecule has 112 valence electrons. The number of likely N-dealkylation sites (N-methyl/N-ethyl adjacent to an activating group) is 1. The van der Waals surface area contributed by atoms with Crippen LogP contribution in [0.2, 0.25) is 0 Å². The average molecular weight is 278 g/mol. The molecule has 0 aliphatic carbocycles. The number of benzene rings is 1. The van der Waals surface area contributed by atoms with Crippen LogP contribution in [0.25, 0.3) is 0 Å². The van der Waals surface area contributed by atoms with Crippen molar-refractivity contribution in [1.82, 2.24) is 10.2 Å². The van der Waals surface area contributed by atoms with Crippen LogP contribution < -0.4 is 14.8 Å². The van der Waals surface area contributed by atoms with E-state index in [1.165, 1.54) is 18.4 Å². The third-order valence-corrected chi connectivity index (χ3v) is 4.25. The van der Waals surface area contributed by atoms with E-state index >= 15 is 0 Å². The van der Waals surface area contributed by atoms with Gasteiger partial charge in [0.25, 0.3) is 0 Å². The van der Waals surface area contributed by atoms with Gasteiger partial charge in [0.2, 0.25) is 0 Å². The minimum absolute atomic E-state index is 0.358. The second-order valence-electron chi connectivity index (χ2n) is 5.38. The maximum atomic E-state index is 5.54. The van der Waals surface area contributed by atoms with Crippen LogP contribution in [-0.4, -0.2) is 45.3 Å². The highest BCUT2D eigenvalue weighted by Crippen LogP contribution is 2.35. The van der Waals surface area contributed by atoms with E-state index in [1.807, 2.05) is 19.2 Å². The van der Waals surface area contributed by atoms with Crippen LogP contribution in [0.3, 0.4) is 0 Å². The Hall–Kier alpha value is -1.26. The zero-order chi connectivity index (χ0) is 14.5. The smallest absolute Gasteiger partial charge is 0.127 e. The first-order valence-corrected chi connectivity index (χ1v) is 7.33. The van der Waals surface area contributed by atoms with Crippen molar-refractivity contribution < 1.29 is 9.47 Å². The lowest BCUT2D eigenvalue weighted by Crippen LogP contribution is -2.38. The summed E-state index contributed by atoms with van der Waals surface area (Å²) in [6.07, 6.45) is 2.54. The van der Waals surface area contributed by atoms with Gasteiger partial charge in [-0.15, -0.1) is 0 Å². The van der Waals surface area contributed by atoms with E-state index in [9.17, 15) is 0 Å². The van der Waals surface area contributed by atoms with E-state index in [0.717, 1.165) is 24.6 Å². The van der Waals surface area contributed by atoms with Crippen molar-refractivity contribution in [3.8, 4) is 11.5 Å². The third kappa shape index (κ3) is 3.07. The minimum Gasteiger partial charge on any atom is -0.497 e. The largest absolute Gasteiger partial charge is 0.497 e. The molecule has 1 aromatic carbocycles. The molecule has 0 spiro atoms. The fraction of sp³-hybridized carbons (Fsp3) is 0.625. The highest BCUT2D eigenvalue weighted by atomic mass is 16.5. The molecule has 0 aromatic heterocycles. The van der Waals surface area contributed by atoms with Crippen molar-refractivity contribution in [2.45, 2.75) is 31.8 Å². The third-order valence-electron chi connectivity index (χ3n) is 4.25. The summed E-state index contributed by atoms with van der Waals surface area (Å²) in [5, 5.41) is 3.30. The van der Waals surface area contributed by atoms with Gasteiger partial charge in [-0.1, -0.05) is 6.07 Å². The normalized spacial score (nSPS) is 20.9. The van der Waals surface area contributed by atoms with Gasteiger partial charge in [-0.25, -0.2) is 0 Å². The fourth-order valence-corrected chi connectivity index (χ4v) is 3.16. The number of methoxy groups -OCH3 is 2. The first-order chi connectivity index (χ1) is 9.71. The molecular weight excluding hydrogens is 252 g/mol. The first-order valence-electron chi connectivity index (χ1n) is 7.33. The van der Waals surface area contributed by atoms with Gasteiger partial charge in [-0.2, -0.15) is 0 Å². The van der Waals surface area contributed by atoms with Crippen LogP contribution >= 0.6 is 0 Å². The number of ether oxygens (including phenoxy) is 2. The summed E-state index contributed by atoms with van der Waals surface area (Å²) in [4.78, 5) is 2.57. The van der Waals surface area contributed by atoms with Gasteiger partial charge in [0.15, 0.2) is 0 Å². The lowest BCUT2D eigenvalue weighted by atomic mass is 10.0. The quantitative estimate of drug-likeness (QED) is 0.866. The van der Waals surface area contributed by atoms with E-state index in [2.05, 4.69) is 23.2 Å². The van der Waals surface area contributed by atoms with Gasteiger partial charge in [0.05, 0.1) is 14.2 Å². The summed E-state index contributed by atoms with van der Waals surface area (Å²) in [5.41, 5.74) is 1.23. The predicted octanol–water partition coefficient (Wildman–Crippen LogP) is 2.45. The van der Waals surface area contributed by atoms with Crippen LogP contribution in [0.15, 0.2) is 18.2 Å². The molecule has 2 unspecified atom stereocenters. The summed E-state index contributed by atoms with van der Waals surface area (Å²) >= 11 is 0. The molecule has 1 aliphatic heterocycles. The summed E-state index contributed by atoms with van der Waals surface area (Å²) in [7, 11) is 5.43. The molecule has 1 aliphatic rings. The average Bonchev–Trinajstić information content (AvgIpc) is 2.94. The topological polar surface area (TPSA) is 33.7 Å². The van der Waals surface area contributed by atoms with E-state index in [-0.39, 0.29) is 0 Å². The molecule has 0 saturated carbocycles. The van der Waals surface area contributed by atoms with Crippen LogP contribution in [0.1, 0.15) is 31.4 Å². The molecule has 0 bridgehead atoms. The Morgan fingerprint density at radius 1 is 1.35 bits per heavy atom. The van der Waals surface area contributed by atoms with Gasteiger partial charge in [0.1, 0.15) is 11.5 Å². The van der Waals surface area contributed by atoms with Crippen molar-refractivity contribution in [2.24, 2.45) is 0 Å². The second-order valence-corrected chi connectivity index (χ2v) is 5.38. The van der Waals surface area contributed by atoms with Gasteiger partial charge in [-0.05, 0) is 39.4 Å². The van der Waals surface area contributed by atoms with Crippen LogP contribution in [-0.2, 0) is 0 Å². The van der Waals surface area contributed by atoms with Crippen LogP contribution in [0.4, 0.5) is 0 Å². The molecule has 1 N–H and O–H groups in total. The van der Waals surface area contributed by atoms with Crippen LogP contribution in [0.5, 0.6) is 11.5 Å². The SMILES string of the molecule is CNCC1CCCN1C(C)c1ccc(OC)cc1OC. The van der Waals surface area contributed by atoms with Crippen molar-refractivity contribution in [1.29, 1.82) is 0 Å². The Kier molecular flexibility index (Phi) is 5.26. The summed E-state index contributed by atoms with van der Waals surface area (Å²) in [6, 6.07) is 7.07. The zero-order valence-corrected chi connectivity index (χ0v) is 13.0. The highest BCUT2D eigenvalue weighted by Gasteiger charge is 2.29. The molecule has 1 saturated heterocycles. The van der Waals surface area contributed by atoms with Crippen LogP contribution in [0, 0.1) is 0 Å². The molecular formula is C16H26N2O2. The molecule has 1 heterocycles. The second kappa shape index (κ2) is 6.95. The Morgan fingerprint density at radius 3 is 2.80 bits per heavy atom. The monoisotopic (exact) mass is 278 g/mol. The van der Waals surface area contributed by atoms with Gasteiger partial charge in [-0.3, -0.25) is 4.90 Å². The number of likely N-dealkylation sites (tertiary alicyclic amines) is 1. The summed E-state index contributed by atoms with van der Waals surface area (Å²) in [5.74, 6) is 1.75. The molecule has 2 atom stereocenters. The maximum absolute atomic E-state index is 5.54. The molecule has 1 fully saturated rings. The number of nitrogens with one attached hydrogen (secondary N) is 1. The van der Waals surface area contributed by atoms with Crippen molar-refractivity contribution in [3.05, 3.63) is 23.8 Å². The molecule has 4 heteroatoms. The number of rotatable bonds is 6. The number of hydrogen-bond donors (Lipinski definition) is 1. The van der Waals surface area contributed by atoms with E-state index in [1.54, 1.807) is 14.2 Å². The maximum Gasteiger partial charge on any atom is 0.127 e. The predicted molar refractivity (Wildman–Crippen MR) is 81.6 cm³/mol. The first kappa shape index (κ1) is 15.1. The summed E-state index contributed by atoms with van der Waals surface area (Å²) < 4.78 is 10.8.